The molecule has 0 bridgehead atoms. The summed E-state index contributed by atoms with van der Waals surface area (Å²) in [7, 11) is 0. The van der Waals surface area contributed by atoms with Gasteiger partial charge in [-0.3, -0.25) is 4.98 Å². The number of nitrogens with zero attached hydrogens (tertiary/aromatic N) is 5. The molecule has 6 rings (SSSR count). The molecule has 0 radical (unpaired) electrons. The molecule has 3 fully saturated rings. The van der Waals surface area contributed by atoms with E-state index in [1.54, 1.807) is 0 Å². The summed E-state index contributed by atoms with van der Waals surface area (Å²) >= 11 is 0. The molecule has 3 aromatic rings. The summed E-state index contributed by atoms with van der Waals surface area (Å²) in [5.41, 5.74) is 3.23. The summed E-state index contributed by atoms with van der Waals surface area (Å²) < 4.78 is 5.49. The molecular formula is C25H31N7O. The maximum Gasteiger partial charge on any atom is 0.162 e. The topological polar surface area (TPSA) is 88.1 Å². The summed E-state index contributed by atoms with van der Waals surface area (Å²) in [6, 6.07) is 4.47. The molecule has 2 N–H and O–H groups in total. The Balaban J connectivity index is 1.41. The van der Waals surface area contributed by atoms with Crippen molar-refractivity contribution < 1.29 is 4.74 Å². The number of pyridine rings is 2. The molecule has 3 aliphatic rings. The predicted octanol–water partition coefficient (Wildman–Crippen LogP) is 3.35. The largest absolute Gasteiger partial charge is 0.381 e. The Labute approximate surface area is 194 Å². The fourth-order valence-corrected chi connectivity index (χ4v) is 5.05. The Morgan fingerprint density at radius 2 is 1.88 bits per heavy atom. The molecule has 0 amide bonds. The van der Waals surface area contributed by atoms with Gasteiger partial charge in [0.05, 0.1) is 11.7 Å². The maximum atomic E-state index is 5.49. The van der Waals surface area contributed by atoms with Crippen molar-refractivity contribution in [3.63, 3.8) is 0 Å². The minimum atomic E-state index is 0.393. The average molecular weight is 446 g/mol. The summed E-state index contributed by atoms with van der Waals surface area (Å²) in [6.07, 6.45) is 11.5. The van der Waals surface area contributed by atoms with Crippen LogP contribution in [0.3, 0.4) is 0 Å². The highest BCUT2D eigenvalue weighted by Gasteiger charge is 2.26. The fraction of sp³-hybridized carbons (Fsp3) is 0.520. The molecule has 33 heavy (non-hydrogen) atoms. The van der Waals surface area contributed by atoms with Gasteiger partial charge < -0.3 is 20.3 Å². The molecule has 0 aromatic carbocycles. The molecule has 0 spiro atoms. The molecule has 1 saturated carbocycles. The van der Waals surface area contributed by atoms with Crippen molar-refractivity contribution in [3.05, 3.63) is 36.3 Å². The first-order valence-corrected chi connectivity index (χ1v) is 12.3. The summed E-state index contributed by atoms with van der Waals surface area (Å²) in [5, 5.41) is 8.22. The van der Waals surface area contributed by atoms with Crippen molar-refractivity contribution in [1.29, 1.82) is 0 Å². The van der Waals surface area contributed by atoms with Gasteiger partial charge in [0.1, 0.15) is 11.6 Å². The van der Waals surface area contributed by atoms with Crippen LogP contribution >= 0.6 is 0 Å². The molecular weight excluding hydrogens is 414 g/mol. The molecule has 3 aromatic heterocycles. The minimum Gasteiger partial charge on any atom is -0.381 e. The molecule has 8 heteroatoms. The minimum absolute atomic E-state index is 0.393. The van der Waals surface area contributed by atoms with Crippen LogP contribution in [0, 0.1) is 0 Å². The smallest absolute Gasteiger partial charge is 0.162 e. The number of anilines is 2. The quantitative estimate of drug-likeness (QED) is 0.618. The first-order chi connectivity index (χ1) is 16.3. The van der Waals surface area contributed by atoms with Gasteiger partial charge in [-0.15, -0.1) is 0 Å². The van der Waals surface area contributed by atoms with E-state index >= 15 is 0 Å². The number of fused-ring (bicyclic) bond motifs is 1. The number of hydrogen-bond donors (Lipinski definition) is 2. The Kier molecular flexibility index (Phi) is 5.78. The van der Waals surface area contributed by atoms with E-state index in [2.05, 4.69) is 31.6 Å². The fourth-order valence-electron chi connectivity index (χ4n) is 5.05. The molecule has 172 valence electrons. The van der Waals surface area contributed by atoms with E-state index in [1.807, 2.05) is 24.7 Å². The van der Waals surface area contributed by atoms with Crippen LogP contribution in [0.1, 0.15) is 43.6 Å². The molecule has 1 aliphatic carbocycles. The second-order valence-electron chi connectivity index (χ2n) is 9.32. The van der Waals surface area contributed by atoms with Gasteiger partial charge in [-0.25, -0.2) is 15.0 Å². The second kappa shape index (κ2) is 9.19. The highest BCUT2D eigenvalue weighted by Crippen LogP contribution is 2.42. The van der Waals surface area contributed by atoms with E-state index in [9.17, 15) is 0 Å². The van der Waals surface area contributed by atoms with Crippen LogP contribution in [0.5, 0.6) is 0 Å². The summed E-state index contributed by atoms with van der Waals surface area (Å²) in [5.74, 6) is 3.24. The standard InChI is InChI=1S/C25H31N7O/c1-2-17(3-1)20-15-27-16-21-23(20)25(32-10-8-26-9-11-32)31-24(30-21)18-4-7-28-22(14-18)29-19-5-12-33-13-6-19/h4,7,14-17,19,26H,1-3,5-6,8-13H2,(H,28,29). The Bertz CT molecular complexity index is 1120. The molecule has 0 unspecified atom stereocenters. The lowest BCUT2D eigenvalue weighted by Crippen LogP contribution is -2.44. The van der Waals surface area contributed by atoms with Crippen molar-refractivity contribution >= 4 is 22.5 Å². The van der Waals surface area contributed by atoms with Crippen LogP contribution in [0.25, 0.3) is 22.3 Å². The van der Waals surface area contributed by atoms with Crippen LogP contribution in [-0.2, 0) is 4.74 Å². The van der Waals surface area contributed by atoms with Crippen molar-refractivity contribution in [2.45, 2.75) is 44.1 Å². The number of rotatable bonds is 5. The highest BCUT2D eigenvalue weighted by atomic mass is 16.5. The van der Waals surface area contributed by atoms with Crippen LogP contribution in [0.4, 0.5) is 11.6 Å². The third-order valence-electron chi connectivity index (χ3n) is 7.17. The van der Waals surface area contributed by atoms with Crippen LogP contribution in [0.15, 0.2) is 30.7 Å². The van der Waals surface area contributed by atoms with Gasteiger partial charge in [-0.05, 0) is 49.3 Å². The third kappa shape index (κ3) is 4.25. The zero-order valence-electron chi connectivity index (χ0n) is 19.0. The summed E-state index contributed by atoms with van der Waals surface area (Å²) in [6.45, 7) is 5.44. The zero-order chi connectivity index (χ0) is 22.0. The normalized spacial score (nSPS) is 20.1. The van der Waals surface area contributed by atoms with Crippen LogP contribution in [-0.4, -0.2) is 65.4 Å². The molecule has 0 atom stereocenters. The Morgan fingerprint density at radius 1 is 1.03 bits per heavy atom. The van der Waals surface area contributed by atoms with Crippen LogP contribution < -0.4 is 15.5 Å². The van der Waals surface area contributed by atoms with Gasteiger partial charge in [0.2, 0.25) is 0 Å². The second-order valence-corrected chi connectivity index (χ2v) is 9.32. The Morgan fingerprint density at radius 3 is 2.67 bits per heavy atom. The number of hydrogen-bond acceptors (Lipinski definition) is 8. The van der Waals surface area contributed by atoms with E-state index in [4.69, 9.17) is 14.7 Å². The van der Waals surface area contributed by atoms with E-state index in [1.165, 1.54) is 30.2 Å². The Hall–Kier alpha value is -2.84. The molecule has 5 heterocycles. The van der Waals surface area contributed by atoms with Gasteiger partial charge in [0.25, 0.3) is 0 Å². The summed E-state index contributed by atoms with van der Waals surface area (Å²) in [4.78, 5) is 21.7. The molecule has 2 aliphatic heterocycles. The first-order valence-electron chi connectivity index (χ1n) is 12.3. The van der Waals surface area contributed by atoms with Gasteiger partial charge in [0.15, 0.2) is 5.82 Å². The van der Waals surface area contributed by atoms with Crippen molar-refractivity contribution in [2.24, 2.45) is 0 Å². The molecule has 2 saturated heterocycles. The lowest BCUT2D eigenvalue weighted by molar-refractivity contribution is 0.0904. The van der Waals surface area contributed by atoms with E-state index in [-0.39, 0.29) is 0 Å². The zero-order valence-corrected chi connectivity index (χ0v) is 19.0. The van der Waals surface area contributed by atoms with Crippen LogP contribution in [0.2, 0.25) is 0 Å². The van der Waals surface area contributed by atoms with Gasteiger partial charge in [0, 0.05) is 68.8 Å². The first kappa shape index (κ1) is 20.7. The predicted molar refractivity (Wildman–Crippen MR) is 130 cm³/mol. The van der Waals surface area contributed by atoms with Crippen molar-refractivity contribution in [2.75, 3.05) is 49.6 Å². The lowest BCUT2D eigenvalue weighted by Gasteiger charge is -2.32. The van der Waals surface area contributed by atoms with Gasteiger partial charge in [-0.2, -0.15) is 0 Å². The van der Waals surface area contributed by atoms with Gasteiger partial charge >= 0.3 is 0 Å². The number of aromatic nitrogens is 4. The SMILES string of the molecule is c1cc(-c2nc(N3CCNCC3)c3c(C4CCC4)cncc3n2)cc(NC2CCOCC2)n1. The lowest BCUT2D eigenvalue weighted by atomic mass is 9.79. The monoisotopic (exact) mass is 445 g/mol. The number of nitrogens with one attached hydrogen (secondary N) is 2. The van der Waals surface area contributed by atoms with E-state index in [0.29, 0.717) is 12.0 Å². The highest BCUT2D eigenvalue weighted by molar-refractivity contribution is 5.94. The molecule has 8 nitrogen and oxygen atoms in total. The maximum absolute atomic E-state index is 5.49. The van der Waals surface area contributed by atoms with Crippen molar-refractivity contribution in [1.82, 2.24) is 25.3 Å². The van der Waals surface area contributed by atoms with Crippen molar-refractivity contribution in [3.8, 4) is 11.4 Å². The third-order valence-corrected chi connectivity index (χ3v) is 7.17. The average Bonchev–Trinajstić information content (AvgIpc) is 2.84. The number of ether oxygens (including phenoxy) is 1. The van der Waals surface area contributed by atoms with E-state index in [0.717, 1.165) is 80.8 Å². The van der Waals surface area contributed by atoms with Gasteiger partial charge in [-0.1, -0.05) is 6.42 Å². The number of piperazine rings is 1. The van der Waals surface area contributed by atoms with E-state index < -0.39 is 0 Å².